The van der Waals surface area contributed by atoms with E-state index in [1.807, 2.05) is 30.3 Å². The maximum absolute atomic E-state index is 13.6. The van der Waals surface area contributed by atoms with E-state index in [1.165, 1.54) is 18.2 Å². The average molecular weight is 434 g/mol. The zero-order valence-electron chi connectivity index (χ0n) is 16.4. The summed E-state index contributed by atoms with van der Waals surface area (Å²) in [7, 11) is -1.56. The van der Waals surface area contributed by atoms with Gasteiger partial charge in [-0.05, 0) is 35.9 Å². The van der Waals surface area contributed by atoms with Crippen molar-refractivity contribution in [1.29, 1.82) is 0 Å². The van der Waals surface area contributed by atoms with Crippen LogP contribution in [0.5, 0.6) is 0 Å². The number of nitrogen functional groups attached to an aromatic ring is 1. The Morgan fingerprint density at radius 2 is 1.71 bits per heavy atom. The molecule has 6 nitrogen and oxygen atoms in total. The quantitative estimate of drug-likeness (QED) is 0.501. The molecular weight excluding hydrogens is 415 g/mol. The Morgan fingerprint density at radius 1 is 1.00 bits per heavy atom. The molecule has 1 aromatic heterocycles. The molecule has 4 aromatic rings. The van der Waals surface area contributed by atoms with Crippen molar-refractivity contribution < 1.29 is 13.4 Å². The van der Waals surface area contributed by atoms with Crippen molar-refractivity contribution >= 4 is 22.7 Å². The van der Waals surface area contributed by atoms with Gasteiger partial charge in [0.25, 0.3) is 5.91 Å². The third-order valence-corrected chi connectivity index (χ3v) is 5.61. The number of hydrogen-bond acceptors (Lipinski definition) is 4. The number of anilines is 1. The van der Waals surface area contributed by atoms with Crippen LogP contribution in [0.15, 0.2) is 83.8 Å². The molecule has 1 heterocycles. The lowest BCUT2D eigenvalue weighted by Crippen LogP contribution is -2.16. The number of rotatable bonds is 5. The number of benzene rings is 3. The fourth-order valence-electron chi connectivity index (χ4n) is 3.31. The summed E-state index contributed by atoms with van der Waals surface area (Å²) in [5.41, 5.74) is 9.42. The lowest BCUT2D eigenvalue weighted by Gasteiger charge is -2.06. The fraction of sp³-hybridized carbons (Fsp3) is 0.0435. The van der Waals surface area contributed by atoms with Crippen molar-refractivity contribution in [3.8, 4) is 11.3 Å². The van der Waals surface area contributed by atoms with E-state index in [-0.39, 0.29) is 11.4 Å². The minimum Gasteiger partial charge on any atom is -0.383 e. The molecule has 0 fully saturated rings. The molecule has 8 heteroatoms. The summed E-state index contributed by atoms with van der Waals surface area (Å²) >= 11 is 0. The number of nitrogens with zero attached hydrogens (tertiary/aromatic N) is 2. The number of carbonyl (C=O) groups excluding carboxylic acids is 1. The summed E-state index contributed by atoms with van der Waals surface area (Å²) in [6, 6.07) is 21.8. The standard InChI is InChI=1S/C23H19FN4O2S/c24-18-8-4-7-17(14-18)23(29)28-22(25)20(21(27-28)16-5-2-1-3-6-16)13-15-9-11-19(12-10-15)31(26)30/h1-12,14H,13,25-26H2. The van der Waals surface area contributed by atoms with Crippen LogP contribution in [0.25, 0.3) is 11.3 Å². The van der Waals surface area contributed by atoms with Gasteiger partial charge in [0.15, 0.2) is 0 Å². The van der Waals surface area contributed by atoms with Gasteiger partial charge in [0.1, 0.15) is 22.6 Å². The Balaban J connectivity index is 1.79. The van der Waals surface area contributed by atoms with Gasteiger partial charge in [0.05, 0.1) is 10.6 Å². The smallest absolute Gasteiger partial charge is 0.280 e. The number of aromatic nitrogens is 2. The van der Waals surface area contributed by atoms with Crippen molar-refractivity contribution in [1.82, 2.24) is 9.78 Å². The van der Waals surface area contributed by atoms with E-state index < -0.39 is 22.7 Å². The maximum Gasteiger partial charge on any atom is 0.280 e. The predicted molar refractivity (Wildman–Crippen MR) is 118 cm³/mol. The Hall–Kier alpha value is -3.62. The van der Waals surface area contributed by atoms with Crippen LogP contribution in [0.1, 0.15) is 21.5 Å². The topological polar surface area (TPSA) is 104 Å². The molecule has 0 spiro atoms. The molecule has 4 N–H and O–H groups in total. The van der Waals surface area contributed by atoms with Crippen molar-refractivity contribution in [3.63, 3.8) is 0 Å². The first-order chi connectivity index (χ1) is 14.9. The van der Waals surface area contributed by atoms with Gasteiger partial charge < -0.3 is 5.73 Å². The van der Waals surface area contributed by atoms with Gasteiger partial charge in [-0.25, -0.2) is 13.7 Å². The molecule has 3 aromatic carbocycles. The molecular formula is C23H19FN4O2S. The minimum absolute atomic E-state index is 0.148. The molecule has 1 unspecified atom stereocenters. The van der Waals surface area contributed by atoms with Gasteiger partial charge in [-0.2, -0.15) is 9.78 Å². The SMILES string of the molecule is Nc1c(Cc2ccc(S(N)=O)cc2)c(-c2ccccc2)nn1C(=O)c1cccc(F)c1. The first kappa shape index (κ1) is 20.6. The highest BCUT2D eigenvalue weighted by atomic mass is 32.2. The minimum atomic E-state index is -1.56. The van der Waals surface area contributed by atoms with Crippen LogP contribution in [0.4, 0.5) is 10.2 Å². The summed E-state index contributed by atoms with van der Waals surface area (Å²) in [5.74, 6) is -0.855. The van der Waals surface area contributed by atoms with Gasteiger partial charge in [0.2, 0.25) is 0 Å². The van der Waals surface area contributed by atoms with E-state index in [4.69, 9.17) is 10.9 Å². The second-order valence-corrected chi connectivity index (χ2v) is 7.99. The first-order valence-electron chi connectivity index (χ1n) is 9.42. The van der Waals surface area contributed by atoms with Crippen molar-refractivity contribution in [2.75, 3.05) is 5.73 Å². The van der Waals surface area contributed by atoms with Crippen LogP contribution in [0.3, 0.4) is 0 Å². The molecule has 4 rings (SSSR count). The zero-order chi connectivity index (χ0) is 22.0. The van der Waals surface area contributed by atoms with E-state index in [9.17, 15) is 13.4 Å². The number of carbonyl (C=O) groups is 1. The second kappa shape index (κ2) is 8.63. The molecule has 0 aliphatic heterocycles. The Bertz CT molecular complexity index is 1270. The highest BCUT2D eigenvalue weighted by Gasteiger charge is 2.22. The average Bonchev–Trinajstić information content (AvgIpc) is 3.10. The lowest BCUT2D eigenvalue weighted by atomic mass is 10.0. The summed E-state index contributed by atoms with van der Waals surface area (Å²) in [4.78, 5) is 13.5. The molecule has 31 heavy (non-hydrogen) atoms. The Morgan fingerprint density at radius 3 is 2.35 bits per heavy atom. The fourth-order valence-corrected chi connectivity index (χ4v) is 3.71. The summed E-state index contributed by atoms with van der Waals surface area (Å²) in [6.07, 6.45) is 0.393. The van der Waals surface area contributed by atoms with Gasteiger partial charge in [-0.3, -0.25) is 4.79 Å². The van der Waals surface area contributed by atoms with E-state index in [2.05, 4.69) is 5.10 Å². The van der Waals surface area contributed by atoms with Crippen LogP contribution in [0.2, 0.25) is 0 Å². The maximum atomic E-state index is 13.6. The number of halogens is 1. The van der Waals surface area contributed by atoms with Crippen LogP contribution in [0, 0.1) is 5.82 Å². The molecule has 0 saturated carbocycles. The van der Waals surface area contributed by atoms with Crippen LogP contribution < -0.4 is 10.9 Å². The molecule has 1 atom stereocenters. The van der Waals surface area contributed by atoms with E-state index in [0.717, 1.165) is 21.9 Å². The van der Waals surface area contributed by atoms with Crippen molar-refractivity contribution in [3.05, 3.63) is 101 Å². The van der Waals surface area contributed by atoms with Crippen LogP contribution in [-0.4, -0.2) is 19.9 Å². The number of hydrogen-bond donors (Lipinski definition) is 2. The molecule has 0 radical (unpaired) electrons. The summed E-state index contributed by atoms with van der Waals surface area (Å²) in [6.45, 7) is 0. The van der Waals surface area contributed by atoms with E-state index >= 15 is 0 Å². The molecule has 0 bridgehead atoms. The van der Waals surface area contributed by atoms with Crippen molar-refractivity contribution in [2.45, 2.75) is 11.3 Å². The summed E-state index contributed by atoms with van der Waals surface area (Å²) in [5, 5.41) is 9.90. The van der Waals surface area contributed by atoms with Gasteiger partial charge >= 0.3 is 0 Å². The Labute approximate surface area is 180 Å². The van der Waals surface area contributed by atoms with E-state index in [0.29, 0.717) is 22.6 Å². The molecule has 0 amide bonds. The molecule has 156 valence electrons. The van der Waals surface area contributed by atoms with E-state index in [1.54, 1.807) is 24.3 Å². The molecule has 0 saturated heterocycles. The monoisotopic (exact) mass is 434 g/mol. The highest BCUT2D eigenvalue weighted by molar-refractivity contribution is 7.82. The highest BCUT2D eigenvalue weighted by Crippen LogP contribution is 2.30. The third kappa shape index (κ3) is 4.30. The third-order valence-electron chi connectivity index (χ3n) is 4.87. The normalized spacial score (nSPS) is 11.9. The van der Waals surface area contributed by atoms with Crippen LogP contribution in [-0.2, 0) is 17.4 Å². The van der Waals surface area contributed by atoms with Crippen LogP contribution >= 0.6 is 0 Å². The predicted octanol–water partition coefficient (Wildman–Crippen LogP) is 3.53. The largest absolute Gasteiger partial charge is 0.383 e. The number of nitrogens with two attached hydrogens (primary N) is 2. The lowest BCUT2D eigenvalue weighted by molar-refractivity contribution is 0.0947. The first-order valence-corrected chi connectivity index (χ1v) is 10.6. The van der Waals surface area contributed by atoms with Gasteiger partial charge in [0, 0.05) is 23.1 Å². The second-order valence-electron chi connectivity index (χ2n) is 6.92. The van der Waals surface area contributed by atoms with Gasteiger partial charge in [-0.15, -0.1) is 0 Å². The molecule has 0 aliphatic rings. The zero-order valence-corrected chi connectivity index (χ0v) is 17.2. The van der Waals surface area contributed by atoms with Crippen molar-refractivity contribution in [2.24, 2.45) is 5.14 Å². The molecule has 0 aliphatic carbocycles. The van der Waals surface area contributed by atoms with Gasteiger partial charge in [-0.1, -0.05) is 48.5 Å². The summed E-state index contributed by atoms with van der Waals surface area (Å²) < 4.78 is 26.2. The Kier molecular flexibility index (Phi) is 5.75.